The Hall–Kier alpha value is -1.55. The van der Waals surface area contributed by atoms with Crippen LogP contribution in [0.5, 0.6) is 0 Å². The zero-order chi connectivity index (χ0) is 13.1. The Morgan fingerprint density at radius 3 is 2.67 bits per heavy atom. The van der Waals surface area contributed by atoms with E-state index in [0.717, 1.165) is 5.56 Å². The first kappa shape index (κ1) is 12.9. The van der Waals surface area contributed by atoms with Crippen LogP contribution >= 0.6 is 11.6 Å². The van der Waals surface area contributed by atoms with E-state index in [1.165, 1.54) is 0 Å². The van der Waals surface area contributed by atoms with Gasteiger partial charge in [-0.3, -0.25) is 9.59 Å². The summed E-state index contributed by atoms with van der Waals surface area (Å²) in [5, 5.41) is 3.35. The van der Waals surface area contributed by atoms with Gasteiger partial charge in [0.1, 0.15) is 0 Å². The summed E-state index contributed by atoms with van der Waals surface area (Å²) in [6.45, 7) is 0.976. The summed E-state index contributed by atoms with van der Waals surface area (Å²) in [5.74, 6) is -0.272. The van der Waals surface area contributed by atoms with E-state index in [2.05, 4.69) is 5.32 Å². The molecule has 1 N–H and O–H groups in total. The number of hydrogen-bond acceptors (Lipinski definition) is 2. The molecule has 1 saturated heterocycles. The summed E-state index contributed by atoms with van der Waals surface area (Å²) in [6, 6.07) is 7.39. The quantitative estimate of drug-likeness (QED) is 0.900. The Labute approximate surface area is 111 Å². The Balaban J connectivity index is 1.95. The van der Waals surface area contributed by atoms with Crippen molar-refractivity contribution in [3.63, 3.8) is 0 Å². The summed E-state index contributed by atoms with van der Waals surface area (Å²) < 4.78 is 0. The molecule has 2 rings (SSSR count). The highest BCUT2D eigenvalue weighted by atomic mass is 35.5. The van der Waals surface area contributed by atoms with Gasteiger partial charge in [0.25, 0.3) is 0 Å². The Morgan fingerprint density at radius 2 is 2.11 bits per heavy atom. The molecule has 96 valence electrons. The summed E-state index contributed by atoms with van der Waals surface area (Å²) in [4.78, 5) is 24.8. The van der Waals surface area contributed by atoms with Gasteiger partial charge in [-0.15, -0.1) is 0 Å². The van der Waals surface area contributed by atoms with Crippen LogP contribution in [0, 0.1) is 5.92 Å². The molecule has 1 aromatic rings. The molecule has 1 fully saturated rings. The topological polar surface area (TPSA) is 49.4 Å². The number of nitrogens with one attached hydrogen (secondary N) is 1. The van der Waals surface area contributed by atoms with Crippen LogP contribution in [0.3, 0.4) is 0 Å². The van der Waals surface area contributed by atoms with Gasteiger partial charge in [0.15, 0.2) is 0 Å². The Morgan fingerprint density at radius 1 is 1.44 bits per heavy atom. The number of carbonyl (C=O) groups is 2. The van der Waals surface area contributed by atoms with Crippen LogP contribution in [0.15, 0.2) is 24.3 Å². The fraction of sp³-hybridized carbons (Fsp3) is 0.385. The van der Waals surface area contributed by atoms with Gasteiger partial charge in [0, 0.05) is 31.6 Å². The average molecular weight is 267 g/mol. The van der Waals surface area contributed by atoms with Crippen LogP contribution in [-0.2, 0) is 16.1 Å². The van der Waals surface area contributed by atoms with Crippen LogP contribution in [0.25, 0.3) is 0 Å². The molecule has 5 heteroatoms. The average Bonchev–Trinajstić information content (AvgIpc) is 2.78. The van der Waals surface area contributed by atoms with Gasteiger partial charge in [0.05, 0.1) is 5.92 Å². The first-order valence-electron chi connectivity index (χ1n) is 5.82. The third kappa shape index (κ3) is 3.01. The van der Waals surface area contributed by atoms with E-state index in [9.17, 15) is 9.59 Å². The second kappa shape index (κ2) is 5.40. The van der Waals surface area contributed by atoms with Gasteiger partial charge in [-0.05, 0) is 17.7 Å². The second-order valence-electron chi connectivity index (χ2n) is 4.53. The zero-order valence-electron chi connectivity index (χ0n) is 10.1. The smallest absolute Gasteiger partial charge is 0.228 e. The van der Waals surface area contributed by atoms with Gasteiger partial charge < -0.3 is 10.2 Å². The molecule has 2 amide bonds. The lowest BCUT2D eigenvalue weighted by Gasteiger charge is -2.20. The molecule has 0 aromatic heterocycles. The van der Waals surface area contributed by atoms with E-state index >= 15 is 0 Å². The molecule has 1 aliphatic heterocycles. The number of benzene rings is 1. The van der Waals surface area contributed by atoms with Crippen molar-refractivity contribution < 1.29 is 9.59 Å². The minimum Gasteiger partial charge on any atom is -0.355 e. The Kier molecular flexibility index (Phi) is 3.87. The van der Waals surface area contributed by atoms with E-state index in [1.807, 2.05) is 12.1 Å². The van der Waals surface area contributed by atoms with Crippen LogP contribution in [-0.4, -0.2) is 30.3 Å². The van der Waals surface area contributed by atoms with Crippen LogP contribution in [0.1, 0.15) is 12.0 Å². The number of hydrogen-bond donors (Lipinski definition) is 1. The molecular formula is C13H15ClN2O2. The minimum absolute atomic E-state index is 0.00306. The van der Waals surface area contributed by atoms with Crippen molar-refractivity contribution in [1.82, 2.24) is 10.2 Å². The molecule has 0 bridgehead atoms. The monoisotopic (exact) mass is 266 g/mol. The van der Waals surface area contributed by atoms with E-state index in [-0.39, 0.29) is 17.7 Å². The lowest BCUT2D eigenvalue weighted by atomic mass is 10.1. The lowest BCUT2D eigenvalue weighted by Crippen LogP contribution is -2.33. The second-order valence-corrected chi connectivity index (χ2v) is 4.96. The van der Waals surface area contributed by atoms with Crippen molar-refractivity contribution in [2.75, 3.05) is 13.6 Å². The zero-order valence-corrected chi connectivity index (χ0v) is 10.9. The normalized spacial score (nSPS) is 18.6. The van der Waals surface area contributed by atoms with Gasteiger partial charge >= 0.3 is 0 Å². The molecule has 0 aliphatic carbocycles. The van der Waals surface area contributed by atoms with Crippen molar-refractivity contribution >= 4 is 23.4 Å². The maximum atomic E-state index is 12.1. The predicted molar refractivity (Wildman–Crippen MR) is 69.0 cm³/mol. The first-order chi connectivity index (χ1) is 8.56. The van der Waals surface area contributed by atoms with Gasteiger partial charge in [0.2, 0.25) is 11.8 Å². The molecule has 0 radical (unpaired) electrons. The number of nitrogens with zero attached hydrogens (tertiary/aromatic N) is 1. The molecule has 18 heavy (non-hydrogen) atoms. The predicted octanol–water partition coefficient (Wildman–Crippen LogP) is 1.43. The molecule has 1 heterocycles. The fourth-order valence-corrected chi connectivity index (χ4v) is 2.16. The van der Waals surface area contributed by atoms with Crippen LogP contribution in [0.4, 0.5) is 0 Å². The number of carbonyl (C=O) groups excluding carboxylic acids is 2. The molecular weight excluding hydrogens is 252 g/mol. The lowest BCUT2D eigenvalue weighted by molar-refractivity contribution is -0.135. The number of amides is 2. The third-order valence-electron chi connectivity index (χ3n) is 3.04. The Bertz CT molecular complexity index is 459. The SMILES string of the molecule is CN(Cc1ccc(Cl)cc1)C(=O)C1CNC(=O)C1. The van der Waals surface area contributed by atoms with Crippen molar-refractivity contribution in [2.24, 2.45) is 5.92 Å². The van der Waals surface area contributed by atoms with E-state index < -0.39 is 0 Å². The summed E-state index contributed by atoms with van der Waals surface area (Å²) >= 11 is 5.80. The molecule has 4 nitrogen and oxygen atoms in total. The third-order valence-corrected chi connectivity index (χ3v) is 3.29. The molecule has 0 spiro atoms. The molecule has 1 atom stereocenters. The van der Waals surface area contributed by atoms with E-state index in [1.54, 1.807) is 24.1 Å². The van der Waals surface area contributed by atoms with E-state index in [0.29, 0.717) is 24.5 Å². The fourth-order valence-electron chi connectivity index (χ4n) is 2.03. The summed E-state index contributed by atoms with van der Waals surface area (Å²) in [5.41, 5.74) is 1.02. The van der Waals surface area contributed by atoms with Gasteiger partial charge in [-0.25, -0.2) is 0 Å². The van der Waals surface area contributed by atoms with Crippen LogP contribution < -0.4 is 5.32 Å². The number of halogens is 1. The first-order valence-corrected chi connectivity index (χ1v) is 6.20. The van der Waals surface area contributed by atoms with Gasteiger partial charge in [-0.1, -0.05) is 23.7 Å². The van der Waals surface area contributed by atoms with Crippen molar-refractivity contribution in [3.05, 3.63) is 34.9 Å². The molecule has 1 aliphatic rings. The molecule has 1 unspecified atom stereocenters. The van der Waals surface area contributed by atoms with E-state index in [4.69, 9.17) is 11.6 Å². The highest BCUT2D eigenvalue weighted by molar-refractivity contribution is 6.30. The van der Waals surface area contributed by atoms with Crippen molar-refractivity contribution in [2.45, 2.75) is 13.0 Å². The molecule has 1 aromatic carbocycles. The van der Waals surface area contributed by atoms with Crippen molar-refractivity contribution in [3.8, 4) is 0 Å². The summed E-state index contributed by atoms with van der Waals surface area (Å²) in [6.07, 6.45) is 0.295. The maximum absolute atomic E-state index is 12.1. The largest absolute Gasteiger partial charge is 0.355 e. The highest BCUT2D eigenvalue weighted by Gasteiger charge is 2.29. The maximum Gasteiger partial charge on any atom is 0.228 e. The van der Waals surface area contributed by atoms with Crippen molar-refractivity contribution in [1.29, 1.82) is 0 Å². The van der Waals surface area contributed by atoms with Crippen LogP contribution in [0.2, 0.25) is 5.02 Å². The summed E-state index contributed by atoms with van der Waals surface area (Å²) in [7, 11) is 1.75. The standard InChI is InChI=1S/C13H15ClN2O2/c1-16(8-9-2-4-11(14)5-3-9)13(18)10-6-12(17)15-7-10/h2-5,10H,6-8H2,1H3,(H,15,17). The number of rotatable bonds is 3. The van der Waals surface area contributed by atoms with Gasteiger partial charge in [-0.2, -0.15) is 0 Å². The molecule has 0 saturated carbocycles. The minimum atomic E-state index is -0.227. The highest BCUT2D eigenvalue weighted by Crippen LogP contribution is 2.15.